The number of aryl methyl sites for hydroxylation is 2. The molecule has 0 aromatic heterocycles. The Kier molecular flexibility index (Phi) is 4.45. The molecule has 0 aliphatic rings. The van der Waals surface area contributed by atoms with Crippen LogP contribution in [-0.4, -0.2) is 15.7 Å². The second-order valence-corrected chi connectivity index (χ2v) is 6.11. The largest absolute Gasteiger partial charge is 0.293 e. The zero-order chi connectivity index (χ0) is 14.7. The van der Waals surface area contributed by atoms with Gasteiger partial charge in [0.05, 0.1) is 16.6 Å². The normalized spacial score (nSPS) is 12.2. The maximum atomic E-state index is 13.1. The molecule has 2 rings (SSSR count). The molecule has 0 aliphatic heterocycles. The predicted molar refractivity (Wildman–Crippen MR) is 77.9 cm³/mol. The fourth-order valence-corrected chi connectivity index (χ4v) is 3.20. The van der Waals surface area contributed by atoms with Crippen molar-refractivity contribution < 1.29 is 13.4 Å². The minimum absolute atomic E-state index is 0.131. The quantitative estimate of drug-likeness (QED) is 0.808. The first-order valence-electron chi connectivity index (χ1n) is 6.22. The van der Waals surface area contributed by atoms with Crippen LogP contribution in [0, 0.1) is 19.7 Å². The fourth-order valence-electron chi connectivity index (χ4n) is 1.89. The Morgan fingerprint density at radius 3 is 2.60 bits per heavy atom. The number of hydrogen-bond donors (Lipinski definition) is 0. The Labute approximate surface area is 120 Å². The van der Waals surface area contributed by atoms with Crippen molar-refractivity contribution in [3.63, 3.8) is 0 Å². The van der Waals surface area contributed by atoms with E-state index in [9.17, 15) is 13.4 Å². The molecule has 0 fully saturated rings. The molecule has 0 heterocycles. The summed E-state index contributed by atoms with van der Waals surface area (Å²) in [4.78, 5) is 12.7. The highest BCUT2D eigenvalue weighted by Gasteiger charge is 2.14. The van der Waals surface area contributed by atoms with Crippen LogP contribution in [0.5, 0.6) is 0 Å². The minimum Gasteiger partial charge on any atom is -0.293 e. The summed E-state index contributed by atoms with van der Waals surface area (Å²) in [7, 11) is -1.41. The minimum atomic E-state index is -1.41. The third kappa shape index (κ3) is 3.39. The summed E-state index contributed by atoms with van der Waals surface area (Å²) >= 11 is 0. The molecule has 0 N–H and O–H groups in total. The van der Waals surface area contributed by atoms with Crippen molar-refractivity contribution in [3.05, 3.63) is 65.0 Å². The van der Waals surface area contributed by atoms with Crippen molar-refractivity contribution in [3.8, 4) is 0 Å². The zero-order valence-electron chi connectivity index (χ0n) is 11.4. The molecule has 2 aromatic rings. The van der Waals surface area contributed by atoms with E-state index in [1.54, 1.807) is 0 Å². The average Bonchev–Trinajstić information content (AvgIpc) is 2.41. The van der Waals surface area contributed by atoms with E-state index >= 15 is 0 Å². The highest BCUT2D eigenvalue weighted by molar-refractivity contribution is 7.85. The van der Waals surface area contributed by atoms with Crippen molar-refractivity contribution in [2.45, 2.75) is 18.7 Å². The topological polar surface area (TPSA) is 34.1 Å². The summed E-state index contributed by atoms with van der Waals surface area (Å²) < 4.78 is 25.4. The highest BCUT2D eigenvalue weighted by atomic mass is 32.2. The van der Waals surface area contributed by atoms with Gasteiger partial charge in [0, 0.05) is 10.5 Å². The Morgan fingerprint density at radius 2 is 1.90 bits per heavy atom. The van der Waals surface area contributed by atoms with Crippen molar-refractivity contribution in [2.24, 2.45) is 0 Å². The molecule has 1 unspecified atom stereocenters. The van der Waals surface area contributed by atoms with Gasteiger partial charge in [0.25, 0.3) is 0 Å². The van der Waals surface area contributed by atoms with Crippen molar-refractivity contribution >= 4 is 16.6 Å². The molecule has 0 radical (unpaired) electrons. The summed E-state index contributed by atoms with van der Waals surface area (Å²) in [5.74, 6) is -0.912. The molecule has 0 bridgehead atoms. The molecule has 2 aromatic carbocycles. The van der Waals surface area contributed by atoms with Crippen LogP contribution < -0.4 is 0 Å². The average molecular weight is 290 g/mol. The van der Waals surface area contributed by atoms with E-state index < -0.39 is 16.6 Å². The number of hydrogen-bond acceptors (Lipinski definition) is 2. The number of benzene rings is 2. The maximum absolute atomic E-state index is 13.1. The first kappa shape index (κ1) is 14.6. The van der Waals surface area contributed by atoms with Crippen LogP contribution in [0.4, 0.5) is 4.39 Å². The second-order valence-electron chi connectivity index (χ2n) is 4.69. The summed E-state index contributed by atoms with van der Waals surface area (Å²) in [6, 6.07) is 11.1. The number of ketones is 1. The van der Waals surface area contributed by atoms with Gasteiger partial charge in [0.1, 0.15) is 5.82 Å². The number of rotatable bonds is 4. The van der Waals surface area contributed by atoms with Crippen LogP contribution in [0.25, 0.3) is 0 Å². The maximum Gasteiger partial charge on any atom is 0.175 e. The van der Waals surface area contributed by atoms with Crippen molar-refractivity contribution in [1.82, 2.24) is 0 Å². The van der Waals surface area contributed by atoms with Gasteiger partial charge in [-0.25, -0.2) is 4.39 Å². The molecule has 20 heavy (non-hydrogen) atoms. The third-order valence-electron chi connectivity index (χ3n) is 3.00. The lowest BCUT2D eigenvalue weighted by atomic mass is 10.1. The van der Waals surface area contributed by atoms with Crippen molar-refractivity contribution in [1.29, 1.82) is 0 Å². The van der Waals surface area contributed by atoms with Gasteiger partial charge in [-0.15, -0.1) is 0 Å². The lowest BCUT2D eigenvalue weighted by Crippen LogP contribution is -2.12. The van der Waals surface area contributed by atoms with Gasteiger partial charge in [0.2, 0.25) is 0 Å². The summed E-state index contributed by atoms with van der Waals surface area (Å²) in [6.45, 7) is 3.77. The van der Waals surface area contributed by atoms with Crippen LogP contribution in [-0.2, 0) is 10.8 Å². The summed E-state index contributed by atoms with van der Waals surface area (Å²) in [6.07, 6.45) is 0. The SMILES string of the molecule is Cc1ccc(C)c(S(=O)CC(=O)c2cccc(F)c2)c1. The zero-order valence-corrected chi connectivity index (χ0v) is 12.2. The lowest BCUT2D eigenvalue weighted by Gasteiger charge is -2.07. The monoisotopic (exact) mass is 290 g/mol. The van der Waals surface area contributed by atoms with Crippen LogP contribution in [0.1, 0.15) is 21.5 Å². The van der Waals surface area contributed by atoms with Gasteiger partial charge < -0.3 is 0 Å². The third-order valence-corrected chi connectivity index (χ3v) is 4.45. The van der Waals surface area contributed by atoms with Gasteiger partial charge in [-0.2, -0.15) is 0 Å². The van der Waals surface area contributed by atoms with E-state index in [-0.39, 0.29) is 17.1 Å². The van der Waals surface area contributed by atoms with E-state index in [1.165, 1.54) is 24.3 Å². The molecule has 104 valence electrons. The first-order chi connectivity index (χ1) is 9.47. The van der Waals surface area contributed by atoms with E-state index in [0.29, 0.717) is 4.90 Å². The van der Waals surface area contributed by atoms with Crippen LogP contribution in [0.3, 0.4) is 0 Å². The molecular formula is C16H15FO2S. The van der Waals surface area contributed by atoms with Gasteiger partial charge >= 0.3 is 0 Å². The molecule has 1 atom stereocenters. The molecule has 2 nitrogen and oxygen atoms in total. The molecule has 4 heteroatoms. The van der Waals surface area contributed by atoms with E-state index in [0.717, 1.165) is 11.1 Å². The van der Waals surface area contributed by atoms with Crippen molar-refractivity contribution in [2.75, 3.05) is 5.75 Å². The number of carbonyl (C=O) groups is 1. The second kappa shape index (κ2) is 6.09. The standard InChI is InChI=1S/C16H15FO2S/c1-11-6-7-12(2)16(8-11)20(19)10-15(18)13-4-3-5-14(17)9-13/h3-9H,10H2,1-2H3. The van der Waals surface area contributed by atoms with E-state index in [4.69, 9.17) is 0 Å². The number of halogens is 1. The Morgan fingerprint density at radius 1 is 1.15 bits per heavy atom. The first-order valence-corrected chi connectivity index (χ1v) is 7.53. The highest BCUT2D eigenvalue weighted by Crippen LogP contribution is 2.16. The molecule has 0 amide bonds. The fraction of sp³-hybridized carbons (Fsp3) is 0.188. The Hall–Kier alpha value is -1.81. The molecule has 0 spiro atoms. The molecule has 0 aliphatic carbocycles. The van der Waals surface area contributed by atoms with Gasteiger partial charge in [-0.3, -0.25) is 9.00 Å². The Balaban J connectivity index is 2.19. The summed E-state index contributed by atoms with van der Waals surface area (Å²) in [5, 5.41) is 0. The van der Waals surface area contributed by atoms with Gasteiger partial charge in [-0.05, 0) is 43.2 Å². The molecular weight excluding hydrogens is 275 g/mol. The molecule has 0 saturated carbocycles. The Bertz CT molecular complexity index is 680. The number of Topliss-reactive ketones (excluding diaryl/α,β-unsaturated/α-hetero) is 1. The smallest absolute Gasteiger partial charge is 0.175 e. The van der Waals surface area contributed by atoms with Gasteiger partial charge in [0.15, 0.2) is 5.78 Å². The van der Waals surface area contributed by atoms with E-state index in [1.807, 2.05) is 32.0 Å². The van der Waals surface area contributed by atoms with Crippen LogP contribution >= 0.6 is 0 Å². The lowest BCUT2D eigenvalue weighted by molar-refractivity contribution is 0.102. The van der Waals surface area contributed by atoms with Crippen LogP contribution in [0.2, 0.25) is 0 Å². The summed E-state index contributed by atoms with van der Waals surface area (Å²) in [5.41, 5.74) is 2.14. The van der Waals surface area contributed by atoms with Crippen LogP contribution in [0.15, 0.2) is 47.4 Å². The van der Waals surface area contributed by atoms with Gasteiger partial charge in [-0.1, -0.05) is 24.3 Å². The number of carbonyl (C=O) groups excluding carboxylic acids is 1. The predicted octanol–water partition coefficient (Wildman–Crippen LogP) is 3.43. The molecule has 0 saturated heterocycles. The van der Waals surface area contributed by atoms with E-state index in [2.05, 4.69) is 0 Å².